The Hall–Kier alpha value is -2.35. The van der Waals surface area contributed by atoms with E-state index in [4.69, 9.17) is 4.74 Å². The number of aryl methyl sites for hydroxylation is 1. The SMILES string of the molecule is CCOC(=O)CC#Cc1ccc(C)c([N+](=O)[O-])c1. The van der Waals surface area contributed by atoms with E-state index in [9.17, 15) is 14.9 Å². The van der Waals surface area contributed by atoms with Gasteiger partial charge in [0.05, 0.1) is 11.5 Å². The number of hydrogen-bond acceptors (Lipinski definition) is 4. The summed E-state index contributed by atoms with van der Waals surface area (Å²) in [5.74, 6) is 4.93. The van der Waals surface area contributed by atoms with Crippen molar-refractivity contribution in [1.29, 1.82) is 0 Å². The summed E-state index contributed by atoms with van der Waals surface area (Å²) in [5, 5.41) is 10.7. The lowest BCUT2D eigenvalue weighted by molar-refractivity contribution is -0.385. The summed E-state index contributed by atoms with van der Waals surface area (Å²) in [5.41, 5.74) is 1.12. The fourth-order valence-electron chi connectivity index (χ4n) is 1.31. The summed E-state index contributed by atoms with van der Waals surface area (Å²) < 4.78 is 4.71. The molecule has 0 aliphatic rings. The van der Waals surface area contributed by atoms with Crippen molar-refractivity contribution in [1.82, 2.24) is 0 Å². The van der Waals surface area contributed by atoms with Crippen molar-refractivity contribution in [3.8, 4) is 11.8 Å². The van der Waals surface area contributed by atoms with Gasteiger partial charge < -0.3 is 4.74 Å². The normalized spacial score (nSPS) is 9.22. The van der Waals surface area contributed by atoms with Gasteiger partial charge in [0.15, 0.2) is 0 Å². The highest BCUT2D eigenvalue weighted by Crippen LogP contribution is 2.18. The minimum absolute atomic E-state index is 0.0183. The molecular formula is C13H13NO4. The van der Waals surface area contributed by atoms with Crippen LogP contribution in [0, 0.1) is 28.9 Å². The van der Waals surface area contributed by atoms with Crippen LogP contribution in [-0.2, 0) is 9.53 Å². The summed E-state index contributed by atoms with van der Waals surface area (Å²) in [6, 6.07) is 4.71. The second kappa shape index (κ2) is 6.40. The molecule has 0 spiro atoms. The molecule has 0 radical (unpaired) electrons. The number of nitrogens with zero attached hydrogens (tertiary/aromatic N) is 1. The molecule has 5 nitrogen and oxygen atoms in total. The van der Waals surface area contributed by atoms with Crippen LogP contribution in [0.1, 0.15) is 24.5 Å². The first-order chi connectivity index (χ1) is 8.54. The largest absolute Gasteiger partial charge is 0.465 e. The van der Waals surface area contributed by atoms with Gasteiger partial charge in [0.25, 0.3) is 5.69 Å². The van der Waals surface area contributed by atoms with Gasteiger partial charge in [0.1, 0.15) is 6.42 Å². The fraction of sp³-hybridized carbons (Fsp3) is 0.308. The predicted molar refractivity (Wildman–Crippen MR) is 66.0 cm³/mol. The molecule has 0 N–H and O–H groups in total. The summed E-state index contributed by atoms with van der Waals surface area (Å²) in [6.45, 7) is 3.69. The van der Waals surface area contributed by atoms with E-state index in [0.717, 1.165) is 0 Å². The molecule has 0 aliphatic carbocycles. The maximum atomic E-state index is 11.0. The van der Waals surface area contributed by atoms with Crippen LogP contribution in [0.4, 0.5) is 5.69 Å². The third-order valence-electron chi connectivity index (χ3n) is 2.18. The smallest absolute Gasteiger partial charge is 0.317 e. The monoisotopic (exact) mass is 247 g/mol. The van der Waals surface area contributed by atoms with Gasteiger partial charge in [-0.05, 0) is 19.9 Å². The van der Waals surface area contributed by atoms with Gasteiger partial charge in [-0.3, -0.25) is 14.9 Å². The molecule has 0 saturated carbocycles. The van der Waals surface area contributed by atoms with Gasteiger partial charge in [-0.25, -0.2) is 0 Å². The van der Waals surface area contributed by atoms with Crippen LogP contribution in [0.3, 0.4) is 0 Å². The number of carbonyl (C=O) groups excluding carboxylic acids is 1. The highest BCUT2D eigenvalue weighted by molar-refractivity contribution is 5.72. The molecule has 0 amide bonds. The Morgan fingerprint density at radius 1 is 1.50 bits per heavy atom. The lowest BCUT2D eigenvalue weighted by Gasteiger charge is -1.97. The van der Waals surface area contributed by atoms with Gasteiger partial charge in [0.2, 0.25) is 0 Å². The average molecular weight is 247 g/mol. The fourth-order valence-corrected chi connectivity index (χ4v) is 1.31. The Labute approximate surface area is 105 Å². The first kappa shape index (κ1) is 13.7. The molecule has 0 unspecified atom stereocenters. The lowest BCUT2D eigenvalue weighted by Crippen LogP contribution is -2.01. The van der Waals surface area contributed by atoms with Crippen molar-refractivity contribution in [2.75, 3.05) is 6.61 Å². The maximum Gasteiger partial charge on any atom is 0.317 e. The van der Waals surface area contributed by atoms with Crippen molar-refractivity contribution >= 4 is 11.7 Å². The average Bonchev–Trinajstić information content (AvgIpc) is 2.31. The molecule has 0 fully saturated rings. The number of nitro benzene ring substituents is 1. The highest BCUT2D eigenvalue weighted by Gasteiger charge is 2.09. The van der Waals surface area contributed by atoms with E-state index in [1.807, 2.05) is 0 Å². The summed E-state index contributed by atoms with van der Waals surface area (Å²) in [4.78, 5) is 21.3. The van der Waals surface area contributed by atoms with E-state index in [2.05, 4.69) is 11.8 Å². The van der Waals surface area contributed by atoms with Crippen LogP contribution < -0.4 is 0 Å². The molecule has 1 aromatic rings. The highest BCUT2D eigenvalue weighted by atomic mass is 16.6. The van der Waals surface area contributed by atoms with Gasteiger partial charge in [-0.15, -0.1) is 0 Å². The van der Waals surface area contributed by atoms with Gasteiger partial charge in [-0.2, -0.15) is 0 Å². The molecular weight excluding hydrogens is 234 g/mol. The first-order valence-corrected chi connectivity index (χ1v) is 5.44. The Bertz CT molecular complexity index is 526. The molecule has 1 aromatic carbocycles. The first-order valence-electron chi connectivity index (χ1n) is 5.44. The zero-order valence-electron chi connectivity index (χ0n) is 10.2. The minimum Gasteiger partial charge on any atom is -0.465 e. The minimum atomic E-state index is -0.453. The standard InChI is InChI=1S/C13H13NO4/c1-3-18-13(15)6-4-5-11-8-7-10(2)12(9-11)14(16)17/h7-9H,3,6H2,1-2H3. The molecule has 5 heteroatoms. The summed E-state index contributed by atoms with van der Waals surface area (Å²) in [6.07, 6.45) is -0.0183. The molecule has 18 heavy (non-hydrogen) atoms. The van der Waals surface area contributed by atoms with Crippen molar-refractivity contribution < 1.29 is 14.5 Å². The van der Waals surface area contributed by atoms with Crippen molar-refractivity contribution in [3.63, 3.8) is 0 Å². The van der Waals surface area contributed by atoms with Crippen LogP contribution >= 0.6 is 0 Å². The van der Waals surface area contributed by atoms with Gasteiger partial charge >= 0.3 is 5.97 Å². The van der Waals surface area contributed by atoms with Crippen LogP contribution in [0.15, 0.2) is 18.2 Å². The Kier molecular flexibility index (Phi) is 4.88. The maximum absolute atomic E-state index is 11.0. The molecule has 0 heterocycles. The molecule has 0 bridgehead atoms. The Morgan fingerprint density at radius 2 is 2.22 bits per heavy atom. The number of rotatable bonds is 3. The number of nitro groups is 1. The van der Waals surface area contributed by atoms with E-state index in [0.29, 0.717) is 17.7 Å². The van der Waals surface area contributed by atoms with E-state index in [-0.39, 0.29) is 12.1 Å². The van der Waals surface area contributed by atoms with Crippen LogP contribution in [0.25, 0.3) is 0 Å². The molecule has 0 atom stereocenters. The lowest BCUT2D eigenvalue weighted by atomic mass is 10.1. The summed E-state index contributed by atoms with van der Waals surface area (Å²) in [7, 11) is 0. The third kappa shape index (κ3) is 3.91. The molecule has 0 aromatic heterocycles. The summed E-state index contributed by atoms with van der Waals surface area (Å²) >= 11 is 0. The van der Waals surface area contributed by atoms with E-state index < -0.39 is 10.9 Å². The topological polar surface area (TPSA) is 69.4 Å². The van der Waals surface area contributed by atoms with Gasteiger partial charge in [0, 0.05) is 17.2 Å². The van der Waals surface area contributed by atoms with Crippen molar-refractivity contribution in [2.24, 2.45) is 0 Å². The molecule has 0 aliphatic heterocycles. The van der Waals surface area contributed by atoms with Crippen molar-refractivity contribution in [2.45, 2.75) is 20.3 Å². The Morgan fingerprint density at radius 3 is 2.83 bits per heavy atom. The second-order valence-corrected chi connectivity index (χ2v) is 3.54. The molecule has 94 valence electrons. The van der Waals surface area contributed by atoms with Crippen molar-refractivity contribution in [3.05, 3.63) is 39.4 Å². The van der Waals surface area contributed by atoms with E-state index in [1.165, 1.54) is 6.07 Å². The predicted octanol–water partition coefficient (Wildman–Crippen LogP) is 2.21. The molecule has 1 rings (SSSR count). The zero-order chi connectivity index (χ0) is 13.5. The zero-order valence-corrected chi connectivity index (χ0v) is 10.2. The number of esters is 1. The van der Waals surface area contributed by atoms with Crippen LogP contribution in [0.2, 0.25) is 0 Å². The van der Waals surface area contributed by atoms with Crippen LogP contribution in [-0.4, -0.2) is 17.5 Å². The number of ether oxygens (including phenoxy) is 1. The third-order valence-corrected chi connectivity index (χ3v) is 2.18. The number of carbonyl (C=O) groups is 1. The van der Waals surface area contributed by atoms with Gasteiger partial charge in [-0.1, -0.05) is 17.9 Å². The number of benzene rings is 1. The quantitative estimate of drug-likeness (QED) is 0.355. The van der Waals surface area contributed by atoms with E-state index in [1.54, 1.807) is 26.0 Å². The molecule has 0 saturated heterocycles. The van der Waals surface area contributed by atoms with E-state index >= 15 is 0 Å². The number of hydrogen-bond donors (Lipinski definition) is 0. The second-order valence-electron chi connectivity index (χ2n) is 3.54. The van der Waals surface area contributed by atoms with Crippen LogP contribution in [0.5, 0.6) is 0 Å². The Balaban J connectivity index is 2.80.